The highest BCUT2D eigenvalue weighted by Crippen LogP contribution is 2.63. The van der Waals surface area contributed by atoms with Gasteiger partial charge >= 0.3 is 0 Å². The normalized spacial score (nSPS) is 21.4. The van der Waals surface area contributed by atoms with Gasteiger partial charge in [-0.1, -0.05) is 37.9 Å². The highest BCUT2D eigenvalue weighted by molar-refractivity contribution is 9.10. The Bertz CT molecular complexity index is 673. The molecule has 3 N–H and O–H groups in total. The molecule has 0 bridgehead atoms. The van der Waals surface area contributed by atoms with Crippen LogP contribution in [-0.4, -0.2) is 14.2 Å². The van der Waals surface area contributed by atoms with E-state index in [9.17, 15) is 14.2 Å². The van der Waals surface area contributed by atoms with Crippen LogP contribution in [0.25, 0.3) is 0 Å². The molecule has 3 nitrogen and oxygen atoms in total. The van der Waals surface area contributed by atoms with Crippen LogP contribution in [0, 0.1) is 0 Å². The molecule has 2 aromatic rings. The van der Waals surface area contributed by atoms with E-state index in [1.807, 2.05) is 0 Å². The second kappa shape index (κ2) is 4.58. The standard InChI is InChI=1S/C13H10Br2O3S/c14-7-2-4-11-10(5-7)13(16)9-3-1-8(15)6-12(9)19(11,17)18/h1-6,13,16-18H. The first-order valence-electron chi connectivity index (χ1n) is 5.46. The summed E-state index contributed by atoms with van der Waals surface area (Å²) in [6, 6.07) is 10.2. The summed E-state index contributed by atoms with van der Waals surface area (Å²) in [6.07, 6.45) is -0.851. The van der Waals surface area contributed by atoms with Crippen molar-refractivity contribution < 1.29 is 14.2 Å². The van der Waals surface area contributed by atoms with Crippen LogP contribution in [0.4, 0.5) is 0 Å². The van der Waals surface area contributed by atoms with Gasteiger partial charge in [0.25, 0.3) is 0 Å². The van der Waals surface area contributed by atoms with Crippen LogP contribution in [0.2, 0.25) is 0 Å². The van der Waals surface area contributed by atoms with Crippen molar-refractivity contribution in [3.05, 3.63) is 56.5 Å². The second-order valence-electron chi connectivity index (χ2n) is 4.32. The van der Waals surface area contributed by atoms with Gasteiger partial charge < -0.3 is 5.11 Å². The lowest BCUT2D eigenvalue weighted by molar-refractivity contribution is 0.210. The maximum Gasteiger partial charge on any atom is 0.108 e. The zero-order chi connectivity index (χ0) is 13.8. The van der Waals surface area contributed by atoms with Gasteiger partial charge in [-0.15, -0.1) is 10.6 Å². The van der Waals surface area contributed by atoms with Gasteiger partial charge in [-0.2, -0.15) is 0 Å². The average Bonchev–Trinajstić information content (AvgIpc) is 2.36. The maximum absolute atomic E-state index is 10.5. The van der Waals surface area contributed by atoms with Crippen molar-refractivity contribution >= 4 is 42.4 Å². The predicted octanol–water partition coefficient (Wildman–Crippen LogP) is 4.78. The monoisotopic (exact) mass is 404 g/mol. The number of hydrogen-bond acceptors (Lipinski definition) is 3. The number of benzene rings is 2. The van der Waals surface area contributed by atoms with Crippen LogP contribution in [-0.2, 0) is 0 Å². The Hall–Kier alpha value is -0.370. The van der Waals surface area contributed by atoms with E-state index in [1.165, 1.54) is 0 Å². The van der Waals surface area contributed by atoms with Crippen molar-refractivity contribution in [3.63, 3.8) is 0 Å². The molecule has 6 heteroatoms. The van der Waals surface area contributed by atoms with Crippen LogP contribution in [0.1, 0.15) is 17.2 Å². The summed E-state index contributed by atoms with van der Waals surface area (Å²) in [4.78, 5) is 0.762. The fraction of sp³-hybridized carbons (Fsp3) is 0.0769. The van der Waals surface area contributed by atoms with Crippen LogP contribution >= 0.6 is 42.4 Å². The zero-order valence-corrected chi connectivity index (χ0v) is 13.5. The molecule has 19 heavy (non-hydrogen) atoms. The Morgan fingerprint density at radius 2 is 1.47 bits per heavy atom. The lowest BCUT2D eigenvalue weighted by Gasteiger charge is -2.41. The fourth-order valence-electron chi connectivity index (χ4n) is 2.26. The summed E-state index contributed by atoms with van der Waals surface area (Å²) in [6.45, 7) is 0. The van der Waals surface area contributed by atoms with Gasteiger partial charge in [0.1, 0.15) is 6.10 Å². The van der Waals surface area contributed by atoms with Crippen molar-refractivity contribution in [2.75, 3.05) is 0 Å². The van der Waals surface area contributed by atoms with Crippen LogP contribution < -0.4 is 0 Å². The van der Waals surface area contributed by atoms with Crippen molar-refractivity contribution in [1.82, 2.24) is 0 Å². The Labute approximate surface area is 128 Å². The van der Waals surface area contributed by atoms with Gasteiger partial charge in [0, 0.05) is 20.1 Å². The molecule has 0 saturated heterocycles. The molecule has 0 aliphatic carbocycles. The molecule has 1 unspecified atom stereocenters. The summed E-state index contributed by atoms with van der Waals surface area (Å²) < 4.78 is 22.5. The quantitative estimate of drug-likeness (QED) is 0.591. The molecular formula is C13H10Br2O3S. The summed E-state index contributed by atoms with van der Waals surface area (Å²) in [7, 11) is -3.08. The third-order valence-corrected chi connectivity index (χ3v) is 6.09. The zero-order valence-electron chi connectivity index (χ0n) is 9.55. The lowest BCUT2D eigenvalue weighted by Crippen LogP contribution is -2.16. The largest absolute Gasteiger partial charge is 0.384 e. The predicted molar refractivity (Wildman–Crippen MR) is 81.7 cm³/mol. The van der Waals surface area contributed by atoms with Gasteiger partial charge in [0.15, 0.2) is 0 Å². The van der Waals surface area contributed by atoms with Crippen LogP contribution in [0.3, 0.4) is 0 Å². The van der Waals surface area contributed by atoms with E-state index >= 15 is 0 Å². The third-order valence-electron chi connectivity index (χ3n) is 3.15. The summed E-state index contributed by atoms with van der Waals surface area (Å²) in [5.41, 5.74) is 1.07. The summed E-state index contributed by atoms with van der Waals surface area (Å²) >= 11 is 6.65. The van der Waals surface area contributed by atoms with E-state index in [1.54, 1.807) is 36.4 Å². The molecule has 0 amide bonds. The number of rotatable bonds is 0. The Morgan fingerprint density at radius 1 is 0.842 bits per heavy atom. The molecule has 0 radical (unpaired) electrons. The van der Waals surface area contributed by atoms with E-state index in [4.69, 9.17) is 0 Å². The maximum atomic E-state index is 10.5. The first kappa shape index (κ1) is 13.6. The highest BCUT2D eigenvalue weighted by atomic mass is 79.9. The molecule has 1 aliphatic rings. The van der Waals surface area contributed by atoms with Crippen molar-refractivity contribution in [3.8, 4) is 0 Å². The molecule has 1 aliphatic heterocycles. The second-order valence-corrected chi connectivity index (χ2v) is 8.12. The molecule has 1 heterocycles. The smallest absolute Gasteiger partial charge is 0.108 e. The van der Waals surface area contributed by atoms with E-state index < -0.39 is 16.7 Å². The van der Waals surface area contributed by atoms with Gasteiger partial charge in [-0.25, -0.2) is 0 Å². The van der Waals surface area contributed by atoms with E-state index in [0.717, 1.165) is 8.95 Å². The number of aliphatic hydroxyl groups is 1. The van der Waals surface area contributed by atoms with E-state index in [0.29, 0.717) is 20.9 Å². The van der Waals surface area contributed by atoms with Gasteiger partial charge in [-0.3, -0.25) is 9.11 Å². The Balaban J connectivity index is 2.33. The summed E-state index contributed by atoms with van der Waals surface area (Å²) in [5, 5.41) is 10.4. The minimum absolute atomic E-state index is 0.379. The minimum atomic E-state index is -3.08. The molecule has 3 rings (SSSR count). The van der Waals surface area contributed by atoms with Crippen LogP contribution in [0.5, 0.6) is 0 Å². The highest BCUT2D eigenvalue weighted by Gasteiger charge is 2.35. The SMILES string of the molecule is OC1c2cc(Br)ccc2S(O)(O)c2cc(Br)ccc21. The van der Waals surface area contributed by atoms with E-state index in [-0.39, 0.29) is 0 Å². The molecule has 0 spiro atoms. The number of fused-ring (bicyclic) bond motifs is 2. The first-order valence-corrected chi connectivity index (χ1v) is 8.60. The fourth-order valence-corrected chi connectivity index (χ4v) is 4.94. The number of aliphatic hydroxyl groups excluding tert-OH is 1. The Morgan fingerprint density at radius 3 is 2.21 bits per heavy atom. The van der Waals surface area contributed by atoms with Crippen LogP contribution in [0.15, 0.2) is 55.1 Å². The molecule has 0 fully saturated rings. The van der Waals surface area contributed by atoms with Crippen molar-refractivity contribution in [2.45, 2.75) is 15.9 Å². The average molecular weight is 406 g/mol. The minimum Gasteiger partial charge on any atom is -0.384 e. The molecule has 0 aromatic heterocycles. The lowest BCUT2D eigenvalue weighted by atomic mass is 10.0. The first-order chi connectivity index (χ1) is 8.91. The molecule has 2 aromatic carbocycles. The number of halogens is 2. The van der Waals surface area contributed by atoms with Gasteiger partial charge in [-0.05, 0) is 30.3 Å². The van der Waals surface area contributed by atoms with E-state index in [2.05, 4.69) is 31.9 Å². The topological polar surface area (TPSA) is 60.7 Å². The molecular weight excluding hydrogens is 396 g/mol. The number of hydrogen-bond donors (Lipinski definition) is 3. The summed E-state index contributed by atoms with van der Waals surface area (Å²) in [5.74, 6) is 0. The van der Waals surface area contributed by atoms with Crippen molar-refractivity contribution in [1.29, 1.82) is 0 Å². The third kappa shape index (κ3) is 2.07. The molecule has 0 saturated carbocycles. The molecule has 100 valence electrons. The van der Waals surface area contributed by atoms with Gasteiger partial charge in [0.05, 0.1) is 9.79 Å². The van der Waals surface area contributed by atoms with Gasteiger partial charge in [0.2, 0.25) is 0 Å². The van der Waals surface area contributed by atoms with Crippen molar-refractivity contribution in [2.24, 2.45) is 0 Å². The molecule has 1 atom stereocenters. The Kier molecular flexibility index (Phi) is 3.28.